The average Bonchev–Trinajstić information content (AvgIpc) is 2.66. The molecule has 4 amide bonds. The van der Waals surface area contributed by atoms with Gasteiger partial charge in [-0.1, -0.05) is 24.3 Å². The van der Waals surface area contributed by atoms with Gasteiger partial charge in [-0.15, -0.1) is 0 Å². The predicted octanol–water partition coefficient (Wildman–Crippen LogP) is 2.71. The van der Waals surface area contributed by atoms with E-state index < -0.39 is 11.8 Å². The second kappa shape index (κ2) is 8.31. The van der Waals surface area contributed by atoms with Gasteiger partial charge in [-0.2, -0.15) is 0 Å². The minimum atomic E-state index is -0.499. The predicted molar refractivity (Wildman–Crippen MR) is 100 cm³/mol. The Morgan fingerprint density at radius 1 is 1.11 bits per heavy atom. The van der Waals surface area contributed by atoms with Crippen LogP contribution in [0.5, 0.6) is 0 Å². The summed E-state index contributed by atoms with van der Waals surface area (Å²) in [5.41, 5.74) is 1.32. The Labute approximate surface area is 155 Å². The number of amides is 4. The Kier molecular flexibility index (Phi) is 5.65. The lowest BCUT2D eigenvalue weighted by Gasteiger charge is -2.29. The molecule has 0 saturated heterocycles. The van der Waals surface area contributed by atoms with Crippen molar-refractivity contribution in [2.24, 2.45) is 0 Å². The van der Waals surface area contributed by atoms with Gasteiger partial charge in [0.15, 0.2) is 0 Å². The molecule has 140 valence electrons. The molecular weight excluding hydrogens is 351 g/mol. The molecule has 27 heavy (non-hydrogen) atoms. The summed E-state index contributed by atoms with van der Waals surface area (Å²) in [4.78, 5) is 37.3. The summed E-state index contributed by atoms with van der Waals surface area (Å²) in [7, 11) is 0. The highest BCUT2D eigenvalue weighted by Gasteiger charge is 2.26. The summed E-state index contributed by atoms with van der Waals surface area (Å²) in [6.45, 7) is 0.181. The maximum Gasteiger partial charge on any atom is 0.322 e. The molecule has 3 rings (SSSR count). The van der Waals surface area contributed by atoms with Gasteiger partial charge in [0.1, 0.15) is 12.4 Å². The van der Waals surface area contributed by atoms with Crippen LogP contribution in [0.25, 0.3) is 0 Å². The van der Waals surface area contributed by atoms with E-state index in [4.69, 9.17) is 0 Å². The molecule has 7 nitrogen and oxygen atoms in total. The molecule has 0 atom stereocenters. The van der Waals surface area contributed by atoms with E-state index in [9.17, 15) is 18.8 Å². The molecule has 2 aromatic rings. The van der Waals surface area contributed by atoms with Gasteiger partial charge in [0.05, 0.1) is 17.1 Å². The van der Waals surface area contributed by atoms with Crippen LogP contribution in [0, 0.1) is 5.82 Å². The lowest BCUT2D eigenvalue weighted by atomic mass is 10.2. The van der Waals surface area contributed by atoms with Crippen molar-refractivity contribution < 1.29 is 18.8 Å². The van der Waals surface area contributed by atoms with Crippen LogP contribution in [-0.4, -0.2) is 30.9 Å². The lowest BCUT2D eigenvalue weighted by Crippen LogP contribution is -2.47. The Bertz CT molecular complexity index is 872. The third-order valence-electron chi connectivity index (χ3n) is 4.02. The van der Waals surface area contributed by atoms with Crippen molar-refractivity contribution in [2.45, 2.75) is 12.8 Å². The van der Waals surface area contributed by atoms with Gasteiger partial charge in [-0.05, 0) is 30.7 Å². The highest BCUT2D eigenvalue weighted by molar-refractivity contribution is 6.09. The normalized spacial score (nSPS) is 12.8. The summed E-state index contributed by atoms with van der Waals surface area (Å²) in [5.74, 6) is -1.11. The van der Waals surface area contributed by atoms with Crippen LogP contribution in [0.3, 0.4) is 0 Å². The molecule has 1 heterocycles. The third-order valence-corrected chi connectivity index (χ3v) is 4.02. The van der Waals surface area contributed by atoms with Gasteiger partial charge in [-0.3, -0.25) is 14.5 Å². The fourth-order valence-electron chi connectivity index (χ4n) is 2.73. The number of benzene rings is 2. The number of fused-ring (bicyclic) bond motifs is 1. The summed E-state index contributed by atoms with van der Waals surface area (Å²) in [6, 6.07) is 12.5. The summed E-state index contributed by atoms with van der Waals surface area (Å²) in [6.07, 6.45) is 0.513. The number of urea groups is 1. The molecule has 3 N–H and O–H groups in total. The largest absolute Gasteiger partial charge is 0.338 e. The molecule has 0 fully saturated rings. The molecule has 0 radical (unpaired) electrons. The third kappa shape index (κ3) is 4.60. The second-order valence-electron chi connectivity index (χ2n) is 6.01. The van der Waals surface area contributed by atoms with E-state index in [0.717, 1.165) is 0 Å². The van der Waals surface area contributed by atoms with Crippen LogP contribution in [0.1, 0.15) is 12.8 Å². The van der Waals surface area contributed by atoms with Gasteiger partial charge in [0.25, 0.3) is 0 Å². The lowest BCUT2D eigenvalue weighted by molar-refractivity contribution is -0.116. The number of carbonyl (C=O) groups excluding carboxylic acids is 3. The van der Waals surface area contributed by atoms with Gasteiger partial charge < -0.3 is 16.0 Å². The highest BCUT2D eigenvalue weighted by atomic mass is 19.1. The minimum Gasteiger partial charge on any atom is -0.338 e. The zero-order valence-corrected chi connectivity index (χ0v) is 14.5. The first kappa shape index (κ1) is 18.4. The Balaban J connectivity index is 1.47. The van der Waals surface area contributed by atoms with Crippen molar-refractivity contribution >= 4 is 34.9 Å². The number of para-hydroxylation sites is 3. The fourth-order valence-corrected chi connectivity index (χ4v) is 2.73. The van der Waals surface area contributed by atoms with Crippen LogP contribution in [0.15, 0.2) is 48.5 Å². The van der Waals surface area contributed by atoms with Crippen LogP contribution in [0.2, 0.25) is 0 Å². The zero-order valence-electron chi connectivity index (χ0n) is 14.5. The highest BCUT2D eigenvalue weighted by Crippen LogP contribution is 2.28. The zero-order chi connectivity index (χ0) is 19.2. The van der Waals surface area contributed by atoms with E-state index in [1.165, 1.54) is 17.0 Å². The molecule has 1 aliphatic rings. The number of hydrogen-bond acceptors (Lipinski definition) is 3. The van der Waals surface area contributed by atoms with Crippen LogP contribution < -0.4 is 20.9 Å². The van der Waals surface area contributed by atoms with E-state index in [0.29, 0.717) is 17.8 Å². The first-order valence-electron chi connectivity index (χ1n) is 8.53. The Morgan fingerprint density at radius 3 is 2.67 bits per heavy atom. The Morgan fingerprint density at radius 2 is 1.85 bits per heavy atom. The quantitative estimate of drug-likeness (QED) is 0.707. The number of anilines is 3. The smallest absolute Gasteiger partial charge is 0.322 e. The number of hydrogen-bond donors (Lipinski definition) is 3. The van der Waals surface area contributed by atoms with Gasteiger partial charge in [0.2, 0.25) is 11.8 Å². The maximum atomic E-state index is 13.5. The first-order valence-corrected chi connectivity index (χ1v) is 8.53. The molecule has 1 aliphatic heterocycles. The number of halogens is 1. The van der Waals surface area contributed by atoms with Crippen molar-refractivity contribution in [3.63, 3.8) is 0 Å². The summed E-state index contributed by atoms with van der Waals surface area (Å²) in [5, 5.41) is 7.90. The monoisotopic (exact) mass is 370 g/mol. The number of nitrogens with one attached hydrogen (secondary N) is 3. The number of rotatable bonds is 5. The fraction of sp³-hybridized carbons (Fsp3) is 0.211. The standard InChI is InChI=1S/C19H19FN4O3/c20-13-6-1-2-7-14(13)22-17(25)10-5-11-21-19(27)24-12-18(26)23-15-8-3-4-9-16(15)24/h1-4,6-9H,5,10-12H2,(H,21,27)(H,22,25)(H,23,26). The molecule has 0 aliphatic carbocycles. The van der Waals surface area contributed by atoms with E-state index in [2.05, 4.69) is 16.0 Å². The molecule has 0 unspecified atom stereocenters. The van der Waals surface area contributed by atoms with Crippen LogP contribution in [-0.2, 0) is 9.59 Å². The number of carbonyl (C=O) groups is 3. The van der Waals surface area contributed by atoms with Crippen molar-refractivity contribution in [3.8, 4) is 0 Å². The average molecular weight is 370 g/mol. The molecule has 0 bridgehead atoms. The van der Waals surface area contributed by atoms with Crippen molar-refractivity contribution in [2.75, 3.05) is 28.6 Å². The van der Waals surface area contributed by atoms with Gasteiger partial charge in [0, 0.05) is 13.0 Å². The molecule has 0 spiro atoms. The van der Waals surface area contributed by atoms with E-state index >= 15 is 0 Å². The topological polar surface area (TPSA) is 90.5 Å². The Hall–Kier alpha value is -3.42. The van der Waals surface area contributed by atoms with Gasteiger partial charge in [-0.25, -0.2) is 9.18 Å². The van der Waals surface area contributed by atoms with Crippen LogP contribution >= 0.6 is 0 Å². The number of nitrogens with zero attached hydrogens (tertiary/aromatic N) is 1. The second-order valence-corrected chi connectivity index (χ2v) is 6.01. The van der Waals surface area contributed by atoms with Crippen molar-refractivity contribution in [3.05, 3.63) is 54.3 Å². The SMILES string of the molecule is O=C(CCCNC(=O)N1CC(=O)Nc2ccccc21)Nc1ccccc1F. The minimum absolute atomic E-state index is 0.0728. The molecule has 0 saturated carbocycles. The van der Waals surface area contributed by atoms with E-state index in [-0.39, 0.29) is 37.0 Å². The summed E-state index contributed by atoms with van der Waals surface area (Å²) >= 11 is 0. The van der Waals surface area contributed by atoms with Crippen LogP contribution in [0.4, 0.5) is 26.2 Å². The van der Waals surface area contributed by atoms with Crippen molar-refractivity contribution in [1.82, 2.24) is 5.32 Å². The maximum absolute atomic E-state index is 13.5. The summed E-state index contributed by atoms with van der Waals surface area (Å²) < 4.78 is 13.5. The van der Waals surface area contributed by atoms with E-state index in [1.54, 1.807) is 36.4 Å². The molecule has 2 aromatic carbocycles. The van der Waals surface area contributed by atoms with Crippen molar-refractivity contribution in [1.29, 1.82) is 0 Å². The first-order chi connectivity index (χ1) is 13.0. The molecular formula is C19H19FN4O3. The van der Waals surface area contributed by atoms with Gasteiger partial charge >= 0.3 is 6.03 Å². The van der Waals surface area contributed by atoms with E-state index in [1.807, 2.05) is 0 Å². The molecule has 8 heteroatoms. The molecule has 0 aromatic heterocycles.